The van der Waals surface area contributed by atoms with E-state index >= 15 is 0 Å². The zero-order valence-corrected chi connectivity index (χ0v) is 14.6. The van der Waals surface area contributed by atoms with Crippen molar-refractivity contribution in [3.63, 3.8) is 0 Å². The number of fused-ring (bicyclic) bond motifs is 1. The lowest BCUT2D eigenvalue weighted by molar-refractivity contribution is 0.0743. The minimum Gasteiger partial charge on any atom is -0.508 e. The molecule has 1 heterocycles. The van der Waals surface area contributed by atoms with Crippen LogP contribution in [0.25, 0.3) is 0 Å². The monoisotopic (exact) mass is 362 g/mol. The number of hydrogen-bond acceptors (Lipinski definition) is 4. The van der Waals surface area contributed by atoms with Gasteiger partial charge in [0, 0.05) is 25.2 Å². The fourth-order valence-electron chi connectivity index (χ4n) is 3.21. The summed E-state index contributed by atoms with van der Waals surface area (Å²) in [5.74, 6) is -0.810. The summed E-state index contributed by atoms with van der Waals surface area (Å²) in [5.41, 5.74) is 2.64. The average molecular weight is 362 g/mol. The van der Waals surface area contributed by atoms with E-state index in [1.54, 1.807) is 17.0 Å². The van der Waals surface area contributed by atoms with Gasteiger partial charge in [-0.15, -0.1) is 0 Å². The van der Waals surface area contributed by atoms with Gasteiger partial charge in [0.2, 0.25) is 0 Å². The van der Waals surface area contributed by atoms with E-state index in [1.807, 2.05) is 36.4 Å². The Morgan fingerprint density at radius 3 is 2.56 bits per heavy atom. The molecular formula is C22H19NO4. The molecule has 27 heavy (non-hydrogen) atoms. The lowest BCUT2D eigenvalue weighted by Crippen LogP contribution is -2.26. The number of benzene rings is 3. The van der Waals surface area contributed by atoms with E-state index in [0.29, 0.717) is 19.1 Å². The molecule has 0 saturated heterocycles. The molecule has 1 aliphatic heterocycles. The number of amides is 1. The van der Waals surface area contributed by atoms with Gasteiger partial charge in [-0.2, -0.15) is 0 Å². The fraction of sp³-hybridized carbons (Fsp3) is 0.136. The third-order valence-corrected chi connectivity index (χ3v) is 4.55. The highest BCUT2D eigenvalue weighted by atomic mass is 16.5. The van der Waals surface area contributed by atoms with Crippen LogP contribution in [0, 0.1) is 0 Å². The molecule has 4 rings (SSSR count). The maximum absolute atomic E-state index is 13.1. The Morgan fingerprint density at radius 1 is 1.04 bits per heavy atom. The average Bonchev–Trinajstić information content (AvgIpc) is 3.12. The summed E-state index contributed by atoms with van der Waals surface area (Å²) in [6.45, 7) is 0.854. The molecule has 3 aromatic rings. The van der Waals surface area contributed by atoms with Crippen LogP contribution < -0.4 is 4.74 Å². The standard InChI is InChI=1S/C22H19NO4/c24-18-10-19(25)21(20(11-18)27-14-15-6-2-1-3-7-15)22(26)23-12-16-8-4-5-9-17(16)13-23/h1-11,24-25H,12-14H2/i8D. The van der Waals surface area contributed by atoms with Crippen LogP contribution in [0.4, 0.5) is 0 Å². The van der Waals surface area contributed by atoms with Crippen LogP contribution in [0.3, 0.4) is 0 Å². The molecule has 0 aliphatic carbocycles. The molecule has 0 bridgehead atoms. The Bertz CT molecular complexity index is 1040. The van der Waals surface area contributed by atoms with Gasteiger partial charge in [-0.25, -0.2) is 0 Å². The second-order valence-electron chi connectivity index (χ2n) is 6.45. The molecule has 0 spiro atoms. The predicted molar refractivity (Wildman–Crippen MR) is 101 cm³/mol. The second kappa shape index (κ2) is 7.03. The number of rotatable bonds is 4. The third-order valence-electron chi connectivity index (χ3n) is 4.55. The molecule has 1 amide bonds. The Hall–Kier alpha value is -3.47. The second-order valence-corrected chi connectivity index (χ2v) is 6.45. The lowest BCUT2D eigenvalue weighted by Gasteiger charge is -2.19. The van der Waals surface area contributed by atoms with Crippen molar-refractivity contribution < 1.29 is 21.1 Å². The zero-order valence-electron chi connectivity index (χ0n) is 15.6. The molecule has 5 heteroatoms. The number of aromatic hydroxyl groups is 2. The SMILES string of the molecule is [2H]c1cccc2c1CN(C(=O)c1c(O)cc(O)cc1OCc1ccccc1)C2. The van der Waals surface area contributed by atoms with Gasteiger partial charge in [-0.1, -0.05) is 54.6 Å². The first-order valence-corrected chi connectivity index (χ1v) is 8.62. The number of ether oxygens (including phenoxy) is 1. The Kier molecular flexibility index (Phi) is 4.11. The van der Waals surface area contributed by atoms with Crippen LogP contribution >= 0.6 is 0 Å². The predicted octanol–water partition coefficient (Wildman–Crippen LogP) is 3.83. The molecule has 0 atom stereocenters. The topological polar surface area (TPSA) is 70.0 Å². The van der Waals surface area contributed by atoms with Crippen LogP contribution in [0.1, 0.15) is 28.4 Å². The van der Waals surface area contributed by atoms with E-state index in [0.717, 1.165) is 22.8 Å². The van der Waals surface area contributed by atoms with Crippen molar-refractivity contribution >= 4 is 5.91 Å². The smallest absolute Gasteiger partial charge is 0.262 e. The molecule has 2 N–H and O–H groups in total. The van der Waals surface area contributed by atoms with Crippen LogP contribution in [0.2, 0.25) is 0 Å². The molecular weight excluding hydrogens is 342 g/mol. The first kappa shape index (κ1) is 15.8. The number of nitrogens with zero attached hydrogens (tertiary/aromatic N) is 1. The fourth-order valence-corrected chi connectivity index (χ4v) is 3.21. The molecule has 5 nitrogen and oxygen atoms in total. The van der Waals surface area contributed by atoms with Crippen molar-refractivity contribution in [1.82, 2.24) is 4.90 Å². The maximum atomic E-state index is 13.1. The van der Waals surface area contributed by atoms with E-state index in [-0.39, 0.29) is 29.4 Å². The molecule has 136 valence electrons. The first-order chi connectivity index (χ1) is 13.5. The van der Waals surface area contributed by atoms with Crippen molar-refractivity contribution in [3.8, 4) is 17.2 Å². The van der Waals surface area contributed by atoms with E-state index in [1.165, 1.54) is 6.07 Å². The van der Waals surface area contributed by atoms with E-state index in [4.69, 9.17) is 6.11 Å². The normalized spacial score (nSPS) is 13.2. The van der Waals surface area contributed by atoms with Crippen molar-refractivity contribution in [3.05, 3.63) is 89.0 Å². The van der Waals surface area contributed by atoms with Gasteiger partial charge in [-0.3, -0.25) is 4.79 Å². The van der Waals surface area contributed by atoms with Crippen LogP contribution in [0.5, 0.6) is 17.2 Å². The largest absolute Gasteiger partial charge is 0.508 e. The van der Waals surface area contributed by atoms with E-state index in [9.17, 15) is 15.0 Å². The molecule has 3 aromatic carbocycles. The number of phenolic OH excluding ortho intramolecular Hbond substituents is 2. The summed E-state index contributed by atoms with van der Waals surface area (Å²) in [4.78, 5) is 14.7. The molecule has 0 saturated carbocycles. The summed E-state index contributed by atoms with van der Waals surface area (Å²) >= 11 is 0. The zero-order chi connectivity index (χ0) is 19.7. The van der Waals surface area contributed by atoms with Crippen molar-refractivity contribution in [2.24, 2.45) is 0 Å². The van der Waals surface area contributed by atoms with Gasteiger partial charge >= 0.3 is 0 Å². The van der Waals surface area contributed by atoms with Crippen LogP contribution in [-0.4, -0.2) is 21.0 Å². The van der Waals surface area contributed by atoms with Gasteiger partial charge in [0.15, 0.2) is 0 Å². The number of phenols is 2. The molecule has 0 radical (unpaired) electrons. The molecule has 0 unspecified atom stereocenters. The van der Waals surface area contributed by atoms with Gasteiger partial charge < -0.3 is 19.8 Å². The van der Waals surface area contributed by atoms with E-state index < -0.39 is 5.91 Å². The number of carbonyl (C=O) groups is 1. The highest BCUT2D eigenvalue weighted by Crippen LogP contribution is 2.36. The summed E-state index contributed by atoms with van der Waals surface area (Å²) in [6.07, 6.45) is 0. The summed E-state index contributed by atoms with van der Waals surface area (Å²) in [5, 5.41) is 20.2. The minimum atomic E-state index is -0.406. The Labute approximate surface area is 158 Å². The van der Waals surface area contributed by atoms with Crippen LogP contribution in [-0.2, 0) is 19.7 Å². The highest BCUT2D eigenvalue weighted by molar-refractivity contribution is 6.00. The summed E-state index contributed by atoms with van der Waals surface area (Å²) in [7, 11) is 0. The van der Waals surface area contributed by atoms with Crippen molar-refractivity contribution in [2.75, 3.05) is 0 Å². The van der Waals surface area contributed by atoms with Gasteiger partial charge in [-0.05, 0) is 16.7 Å². The quantitative estimate of drug-likeness (QED) is 0.740. The van der Waals surface area contributed by atoms with Gasteiger partial charge in [0.25, 0.3) is 5.91 Å². The van der Waals surface area contributed by atoms with Gasteiger partial charge in [0.05, 0.1) is 1.37 Å². The van der Waals surface area contributed by atoms with Crippen molar-refractivity contribution in [2.45, 2.75) is 19.7 Å². The Morgan fingerprint density at radius 2 is 1.78 bits per heavy atom. The maximum Gasteiger partial charge on any atom is 0.262 e. The highest BCUT2D eigenvalue weighted by Gasteiger charge is 2.28. The van der Waals surface area contributed by atoms with Crippen molar-refractivity contribution in [1.29, 1.82) is 0 Å². The molecule has 0 fully saturated rings. The molecule has 1 aliphatic rings. The van der Waals surface area contributed by atoms with E-state index in [2.05, 4.69) is 0 Å². The molecule has 0 aromatic heterocycles. The number of hydrogen-bond donors (Lipinski definition) is 2. The number of carbonyl (C=O) groups excluding carboxylic acids is 1. The lowest BCUT2D eigenvalue weighted by atomic mass is 10.1. The summed E-state index contributed by atoms with van der Waals surface area (Å²) in [6, 6.07) is 17.7. The third kappa shape index (κ3) is 3.44. The summed E-state index contributed by atoms with van der Waals surface area (Å²) < 4.78 is 13.8. The minimum absolute atomic E-state index is 0.00747. The Balaban J connectivity index is 1.62. The van der Waals surface area contributed by atoms with Crippen LogP contribution in [0.15, 0.2) is 66.7 Å². The van der Waals surface area contributed by atoms with Gasteiger partial charge in [0.1, 0.15) is 29.4 Å². The first-order valence-electron chi connectivity index (χ1n) is 9.12.